The molecule has 0 amide bonds. The van der Waals surface area contributed by atoms with Gasteiger partial charge in [-0.15, -0.1) is 4.55 Å². The quantitative estimate of drug-likeness (QED) is 0.681. The van der Waals surface area contributed by atoms with Crippen LogP contribution in [0.25, 0.3) is 0 Å². The van der Waals surface area contributed by atoms with Crippen LogP contribution < -0.4 is 0 Å². The zero-order valence-corrected chi connectivity index (χ0v) is 15.4. The summed E-state index contributed by atoms with van der Waals surface area (Å²) >= 11 is 3.60. The van der Waals surface area contributed by atoms with Gasteiger partial charge < -0.3 is 17.3 Å². The largest absolute Gasteiger partial charge is 0.469 e. The van der Waals surface area contributed by atoms with Crippen molar-refractivity contribution in [3.8, 4) is 0 Å². The van der Waals surface area contributed by atoms with Crippen molar-refractivity contribution in [1.82, 2.24) is 0 Å². The van der Waals surface area contributed by atoms with Gasteiger partial charge in [-0.05, 0) is 23.5 Å². The Morgan fingerprint density at radius 3 is 1.93 bits per heavy atom. The van der Waals surface area contributed by atoms with E-state index >= 15 is 0 Å². The van der Waals surface area contributed by atoms with Gasteiger partial charge in [-0.25, -0.2) is 0 Å². The highest BCUT2D eigenvalue weighted by Crippen LogP contribution is 2.38. The summed E-state index contributed by atoms with van der Waals surface area (Å²) in [6, 6.07) is 0. The van der Waals surface area contributed by atoms with Crippen LogP contribution in [0.2, 0.25) is 22.7 Å². The lowest BCUT2D eigenvalue weighted by atomic mass is 9.98. The molecule has 0 aliphatic carbocycles. The molecule has 0 N–H and O–H groups in total. The fourth-order valence-electron chi connectivity index (χ4n) is 0.920. The van der Waals surface area contributed by atoms with Gasteiger partial charge in [0.1, 0.15) is 0 Å². The van der Waals surface area contributed by atoms with Crippen LogP contribution in [0.4, 0.5) is 0 Å². The Hall–Kier alpha value is 1.42. The molecule has 0 fully saturated rings. The molecule has 1 nitrogen and oxygen atoms in total. The van der Waals surface area contributed by atoms with E-state index in [1.807, 2.05) is 0 Å². The molecule has 0 radical (unpaired) electrons. The minimum absolute atomic E-state index is 0.0405. The minimum atomic E-state index is -1.54. The number of rotatable bonds is 5. The SMILES string of the molecule is CC(C)(CO[Si](C)(C)C(C)(C)C)[CH2][Mg][Br]. The van der Waals surface area contributed by atoms with Crippen molar-refractivity contribution in [2.75, 3.05) is 6.61 Å². The molecule has 0 heterocycles. The topological polar surface area (TPSA) is 9.23 Å². The first kappa shape index (κ1) is 16.4. The third-order valence-electron chi connectivity index (χ3n) is 3.40. The number of hydrogen-bond donors (Lipinski definition) is 0. The maximum Gasteiger partial charge on any atom is 0.469 e. The molecule has 0 unspecified atom stereocenters. The Morgan fingerprint density at radius 2 is 1.60 bits per heavy atom. The molecule has 0 aliphatic heterocycles. The molecule has 0 bridgehead atoms. The Kier molecular flexibility index (Phi) is 6.40. The molecule has 0 aromatic rings. The van der Waals surface area contributed by atoms with Crippen molar-refractivity contribution >= 4 is 39.4 Å². The molecule has 0 aromatic carbocycles. The molecule has 4 heteroatoms. The third-order valence-corrected chi connectivity index (χ3v) is 10.6. The lowest BCUT2D eigenvalue weighted by molar-refractivity contribution is 0.181. The van der Waals surface area contributed by atoms with Crippen molar-refractivity contribution in [3.63, 3.8) is 0 Å². The summed E-state index contributed by atoms with van der Waals surface area (Å²) in [5.74, 6) is 0. The monoisotopic (exact) mass is 304 g/mol. The minimum Gasteiger partial charge on any atom is -0.416 e. The number of halogens is 1. The molecule has 0 aromatic heterocycles. The summed E-state index contributed by atoms with van der Waals surface area (Å²) in [5, 5.41) is 0.328. The molecular formula is C11H25BrMgOSi. The zero-order valence-electron chi connectivity index (χ0n) is 11.4. The van der Waals surface area contributed by atoms with E-state index < -0.39 is 8.32 Å². The summed E-state index contributed by atoms with van der Waals surface area (Å²) in [4.78, 5) is 0. The fourth-order valence-corrected chi connectivity index (χ4v) is 5.98. The lowest BCUT2D eigenvalue weighted by Gasteiger charge is -2.39. The van der Waals surface area contributed by atoms with Crippen LogP contribution in [0.3, 0.4) is 0 Å². The van der Waals surface area contributed by atoms with Crippen LogP contribution in [0.15, 0.2) is 0 Å². The first-order valence-corrected chi connectivity index (χ1v) is 13.5. The van der Waals surface area contributed by atoms with Crippen LogP contribution in [0, 0.1) is 5.41 Å². The van der Waals surface area contributed by atoms with Crippen LogP contribution >= 0.6 is 12.9 Å². The normalized spacial score (nSPS) is 13.9. The van der Waals surface area contributed by atoms with Gasteiger partial charge in [0.25, 0.3) is 0 Å². The van der Waals surface area contributed by atoms with Crippen molar-refractivity contribution in [1.29, 1.82) is 0 Å². The molecule has 88 valence electrons. The maximum atomic E-state index is 6.25. The smallest absolute Gasteiger partial charge is 0.416 e. The van der Waals surface area contributed by atoms with Gasteiger partial charge >= 0.3 is 18.2 Å². The summed E-state index contributed by atoms with van der Waals surface area (Å²) in [6.45, 7) is 17.1. The first-order chi connectivity index (χ1) is 6.52. The Bertz CT molecular complexity index is 199. The second kappa shape index (κ2) is 5.85. The van der Waals surface area contributed by atoms with Crippen LogP contribution in [0.5, 0.6) is 0 Å². The number of hydrogen-bond acceptors (Lipinski definition) is 1. The van der Waals surface area contributed by atoms with E-state index in [2.05, 4.69) is 60.6 Å². The Morgan fingerprint density at radius 1 is 1.13 bits per heavy atom. The lowest BCUT2D eigenvalue weighted by Crippen LogP contribution is -2.43. The molecule has 15 heavy (non-hydrogen) atoms. The van der Waals surface area contributed by atoms with E-state index in [1.54, 1.807) is 0 Å². The molecular weight excluding hydrogens is 280 g/mol. The van der Waals surface area contributed by atoms with Crippen molar-refractivity contribution in [2.45, 2.75) is 57.3 Å². The van der Waals surface area contributed by atoms with Gasteiger partial charge in [0, 0.05) is 6.61 Å². The van der Waals surface area contributed by atoms with E-state index in [0.29, 0.717) is 10.5 Å². The Labute approximate surface area is 112 Å². The van der Waals surface area contributed by atoms with Crippen molar-refractivity contribution < 1.29 is 4.43 Å². The van der Waals surface area contributed by atoms with Crippen LogP contribution in [-0.4, -0.2) is 33.1 Å². The highest BCUT2D eigenvalue weighted by Gasteiger charge is 2.38. The summed E-state index contributed by atoms with van der Waals surface area (Å²) in [7, 11) is -1.54. The summed E-state index contributed by atoms with van der Waals surface area (Å²) in [6.07, 6.45) is 0. The zero-order chi connectivity index (χ0) is 12.3. The van der Waals surface area contributed by atoms with Gasteiger partial charge in [-0.1, -0.05) is 34.6 Å². The van der Waals surface area contributed by atoms with Gasteiger partial charge in [-0.2, -0.15) is 0 Å². The van der Waals surface area contributed by atoms with E-state index in [-0.39, 0.29) is 18.2 Å². The van der Waals surface area contributed by atoms with E-state index in [9.17, 15) is 0 Å². The standard InChI is InChI=1S/C11H25OSi.BrH.Mg/c1-10(2,3)9-12-13(7,8)11(4,5)6;;/h1,9H2,2-8H3;1H;/q;;+1/p-1. The molecule has 0 atom stereocenters. The molecule has 0 rings (SSSR count). The van der Waals surface area contributed by atoms with Gasteiger partial charge in [0.2, 0.25) is 0 Å². The molecule has 0 saturated heterocycles. The van der Waals surface area contributed by atoms with E-state index in [4.69, 9.17) is 4.43 Å². The Balaban J connectivity index is 4.26. The average molecular weight is 306 g/mol. The summed E-state index contributed by atoms with van der Waals surface area (Å²) < 4.78 is 7.56. The fraction of sp³-hybridized carbons (Fsp3) is 1.00. The van der Waals surface area contributed by atoms with Crippen molar-refractivity contribution in [3.05, 3.63) is 0 Å². The predicted molar refractivity (Wildman–Crippen MR) is 76.4 cm³/mol. The molecule has 0 aliphatic rings. The third kappa shape index (κ3) is 6.05. The van der Waals surface area contributed by atoms with Gasteiger partial charge in [-0.3, -0.25) is 0 Å². The van der Waals surface area contributed by atoms with E-state index in [1.165, 1.54) is 4.55 Å². The van der Waals surface area contributed by atoms with Crippen LogP contribution in [0.1, 0.15) is 34.6 Å². The van der Waals surface area contributed by atoms with Gasteiger partial charge in [0.15, 0.2) is 8.32 Å². The first-order valence-electron chi connectivity index (χ1n) is 5.72. The predicted octanol–water partition coefficient (Wildman–Crippen LogP) is 4.47. The second-order valence-electron chi connectivity index (χ2n) is 6.65. The van der Waals surface area contributed by atoms with Gasteiger partial charge in [0.05, 0.1) is 0 Å². The van der Waals surface area contributed by atoms with Crippen LogP contribution in [-0.2, 0) is 4.43 Å². The second-order valence-corrected chi connectivity index (χ2v) is 14.7. The molecule has 0 spiro atoms. The van der Waals surface area contributed by atoms with E-state index in [0.717, 1.165) is 6.61 Å². The maximum absolute atomic E-state index is 6.25. The molecule has 0 saturated carbocycles. The van der Waals surface area contributed by atoms with Crippen molar-refractivity contribution in [2.24, 2.45) is 5.41 Å². The highest BCUT2D eigenvalue weighted by atomic mass is 79.9. The highest BCUT2D eigenvalue weighted by molar-refractivity contribution is 9.23. The average Bonchev–Trinajstić information content (AvgIpc) is 1.99. The summed E-state index contributed by atoms with van der Waals surface area (Å²) in [5.41, 5.74) is 0.352.